The van der Waals surface area contributed by atoms with E-state index in [2.05, 4.69) is 16.5 Å². The van der Waals surface area contributed by atoms with Crippen molar-refractivity contribution in [2.24, 2.45) is 0 Å². The molecular weight excluding hydrogens is 162 g/mol. The number of hydrogen-bond acceptors (Lipinski definition) is 5. The van der Waals surface area contributed by atoms with Crippen LogP contribution in [0.3, 0.4) is 0 Å². The molecule has 1 aromatic heterocycles. The van der Waals surface area contributed by atoms with Gasteiger partial charge in [0.1, 0.15) is 5.03 Å². The van der Waals surface area contributed by atoms with Crippen LogP contribution in [0.5, 0.6) is 0 Å². The molecule has 0 N–H and O–H groups in total. The monoisotopic (exact) mass is 162 g/mol. The molecule has 0 saturated carbocycles. The summed E-state index contributed by atoms with van der Waals surface area (Å²) in [5, 5.41) is 8.31. The first-order valence-electron chi connectivity index (χ1n) is 1.82. The summed E-state index contributed by atoms with van der Waals surface area (Å²) in [6, 6.07) is 0. The number of fused-ring (bicyclic) bond motifs is 1. The van der Waals surface area contributed by atoms with Gasteiger partial charge in [0.15, 0.2) is 6.20 Å². The van der Waals surface area contributed by atoms with Crippen molar-refractivity contribution in [3.8, 4) is 0 Å². The molecule has 41 valence electrons. The van der Waals surface area contributed by atoms with Gasteiger partial charge >= 0.3 is 0 Å². The maximum Gasteiger partial charge on any atom is 0.152 e. The van der Waals surface area contributed by atoms with Crippen molar-refractivity contribution in [3.63, 3.8) is 0 Å². The minimum atomic E-state index is 1.00. The second kappa shape index (κ2) is 1.85. The Kier molecular flexibility index (Phi) is 1.16. The van der Waals surface area contributed by atoms with Crippen LogP contribution in [0, 0.1) is 6.20 Å². The smallest absolute Gasteiger partial charge is 0.152 e. The van der Waals surface area contributed by atoms with Crippen molar-refractivity contribution in [3.05, 3.63) is 6.20 Å². The van der Waals surface area contributed by atoms with E-state index < -0.39 is 0 Å². The van der Waals surface area contributed by atoms with Gasteiger partial charge in [0.2, 0.25) is 0 Å². The minimum absolute atomic E-state index is 1.00. The molecule has 2 rings (SSSR count). The zero-order valence-electron chi connectivity index (χ0n) is 3.57. The summed E-state index contributed by atoms with van der Waals surface area (Å²) in [6.45, 7) is 0. The van der Waals surface area contributed by atoms with Gasteiger partial charge in [-0.3, -0.25) is 0 Å². The summed E-state index contributed by atoms with van der Waals surface area (Å²) >= 11 is 0. The third-order valence-electron chi connectivity index (χ3n) is 0.659. The molecule has 0 aromatic carbocycles. The quantitative estimate of drug-likeness (QED) is 0.536. The highest BCUT2D eigenvalue weighted by molar-refractivity contribution is 9.10. The molecule has 0 unspecified atom stereocenters. The molecule has 0 fully saturated rings. The summed E-state index contributed by atoms with van der Waals surface area (Å²) in [5.41, 5.74) is 0. The van der Waals surface area contributed by atoms with Gasteiger partial charge in [0.25, 0.3) is 0 Å². The van der Waals surface area contributed by atoms with E-state index in [4.69, 9.17) is 0 Å². The van der Waals surface area contributed by atoms with Crippen LogP contribution in [-0.2, 0) is 0 Å². The van der Waals surface area contributed by atoms with Crippen LogP contribution in [0.1, 0.15) is 0 Å². The Morgan fingerprint density at radius 2 is 2.62 bits per heavy atom. The van der Waals surface area contributed by atoms with E-state index >= 15 is 0 Å². The molecular formula is C2N3S3. The molecule has 0 saturated heterocycles. The second-order valence-electron chi connectivity index (χ2n) is 1.11. The van der Waals surface area contributed by atoms with Crippen LogP contribution in [0.25, 0.3) is 0 Å². The number of nitrogens with zero attached hydrogens (tertiary/aromatic N) is 3. The van der Waals surface area contributed by atoms with Crippen LogP contribution >= 0.6 is 31.6 Å². The number of rotatable bonds is 0. The Morgan fingerprint density at radius 3 is 3.50 bits per heavy atom. The average molecular weight is 162 g/mol. The molecule has 1 radical (unpaired) electrons. The van der Waals surface area contributed by atoms with Crippen LogP contribution in [0.4, 0.5) is 0 Å². The Bertz CT molecular complexity index is 178. The van der Waals surface area contributed by atoms with Crippen molar-refractivity contribution < 1.29 is 0 Å². The molecule has 1 aliphatic rings. The lowest BCUT2D eigenvalue weighted by Crippen LogP contribution is -1.81. The third kappa shape index (κ3) is 0.636. The molecule has 0 amide bonds. The predicted molar refractivity (Wildman–Crippen MR) is 35.3 cm³/mol. The fraction of sp³-hybridized carbons (Fsp3) is 0. The minimum Gasteiger partial charge on any atom is -0.167 e. The maximum atomic E-state index is 3.73. The Labute approximate surface area is 57.5 Å². The molecule has 8 heavy (non-hydrogen) atoms. The molecule has 1 aliphatic heterocycles. The van der Waals surface area contributed by atoms with E-state index in [0.717, 1.165) is 5.03 Å². The van der Waals surface area contributed by atoms with Gasteiger partial charge < -0.3 is 0 Å². The Balaban J connectivity index is 2.54. The highest BCUT2D eigenvalue weighted by Gasteiger charge is 2.13. The lowest BCUT2D eigenvalue weighted by molar-refractivity contribution is 0.860. The van der Waals surface area contributed by atoms with Crippen molar-refractivity contribution in [1.29, 1.82) is 0 Å². The predicted octanol–water partition coefficient (Wildman–Crippen LogP) is 1.24. The van der Waals surface area contributed by atoms with Crippen LogP contribution in [-0.4, -0.2) is 14.4 Å². The lowest BCUT2D eigenvalue weighted by Gasteiger charge is -1.79. The lowest BCUT2D eigenvalue weighted by atomic mass is 11.0. The molecule has 2 heterocycles. The zero-order valence-corrected chi connectivity index (χ0v) is 6.02. The fourth-order valence-electron chi connectivity index (χ4n) is 0.365. The average Bonchev–Trinajstić information content (AvgIpc) is 2.15. The summed E-state index contributed by atoms with van der Waals surface area (Å²) in [4.78, 5) is 0. The van der Waals surface area contributed by atoms with E-state index in [1.807, 2.05) is 0 Å². The summed E-state index contributed by atoms with van der Waals surface area (Å²) in [5.74, 6) is 0. The maximum absolute atomic E-state index is 3.73. The zero-order chi connectivity index (χ0) is 5.40. The Hall–Kier alpha value is 0.190. The molecule has 1 aromatic rings. The van der Waals surface area contributed by atoms with Crippen molar-refractivity contribution >= 4 is 31.6 Å². The topological polar surface area (TPSA) is 30.7 Å². The van der Waals surface area contributed by atoms with Gasteiger partial charge in [-0.1, -0.05) is 5.21 Å². The van der Waals surface area contributed by atoms with Crippen LogP contribution in [0.15, 0.2) is 5.03 Å². The normalized spacial score (nSPS) is 16.5. The molecule has 0 bridgehead atoms. The van der Waals surface area contributed by atoms with E-state index in [9.17, 15) is 0 Å². The molecule has 0 aliphatic carbocycles. The van der Waals surface area contributed by atoms with Gasteiger partial charge in [-0.15, -0.1) is 5.10 Å². The number of aromatic nitrogens is 3. The van der Waals surface area contributed by atoms with Crippen molar-refractivity contribution in [2.75, 3.05) is 0 Å². The summed E-state index contributed by atoms with van der Waals surface area (Å²) < 4.78 is 1.75. The Morgan fingerprint density at radius 1 is 1.62 bits per heavy atom. The standard InChI is InChI=1S/C2N3S3/c1-2-5(4-3-1)7-8-6-2. The molecule has 6 heteroatoms. The third-order valence-corrected chi connectivity index (χ3v) is 4.17. The largest absolute Gasteiger partial charge is 0.167 e. The van der Waals surface area contributed by atoms with Gasteiger partial charge in [0.05, 0.1) is 11.0 Å². The molecule has 0 atom stereocenters. The second-order valence-corrected chi connectivity index (χ2v) is 4.87. The van der Waals surface area contributed by atoms with Crippen LogP contribution < -0.4 is 0 Å². The van der Waals surface area contributed by atoms with Crippen molar-refractivity contribution in [1.82, 2.24) is 14.4 Å². The van der Waals surface area contributed by atoms with Gasteiger partial charge in [-0.25, -0.2) is 0 Å². The van der Waals surface area contributed by atoms with E-state index in [-0.39, 0.29) is 0 Å². The first-order chi connectivity index (χ1) is 3.97. The van der Waals surface area contributed by atoms with Gasteiger partial charge in [-0.05, 0) is 10.8 Å². The first kappa shape index (κ1) is 5.01. The van der Waals surface area contributed by atoms with Gasteiger partial charge in [0, 0.05) is 9.83 Å². The SMILES string of the molecule is [c]1nnn2c1SSS2. The highest BCUT2D eigenvalue weighted by atomic mass is 33.5. The highest BCUT2D eigenvalue weighted by Crippen LogP contribution is 2.48. The fourth-order valence-corrected chi connectivity index (χ4v) is 3.84. The van der Waals surface area contributed by atoms with E-state index in [1.165, 1.54) is 0 Å². The first-order valence-corrected chi connectivity index (χ1v) is 5.26. The van der Waals surface area contributed by atoms with Gasteiger partial charge in [-0.2, -0.15) is 4.09 Å². The summed E-state index contributed by atoms with van der Waals surface area (Å²) in [6.07, 6.45) is 2.74. The van der Waals surface area contributed by atoms with E-state index in [1.54, 1.807) is 35.7 Å². The summed E-state index contributed by atoms with van der Waals surface area (Å²) in [7, 11) is 4.87. The van der Waals surface area contributed by atoms with E-state index in [0.29, 0.717) is 0 Å². The number of hydrogen-bond donors (Lipinski definition) is 0. The van der Waals surface area contributed by atoms with Crippen LogP contribution in [0.2, 0.25) is 0 Å². The molecule has 3 nitrogen and oxygen atoms in total. The van der Waals surface area contributed by atoms with Crippen molar-refractivity contribution in [2.45, 2.75) is 5.03 Å². The molecule has 0 spiro atoms.